The van der Waals surface area contributed by atoms with Gasteiger partial charge in [-0.1, -0.05) is 6.92 Å². The number of carbonyl (C=O) groups excluding carboxylic acids is 3. The molecule has 0 aromatic heterocycles. The van der Waals surface area contributed by atoms with Crippen molar-refractivity contribution in [1.82, 2.24) is 14.7 Å². The van der Waals surface area contributed by atoms with Crippen LogP contribution in [0.25, 0.3) is 0 Å². The van der Waals surface area contributed by atoms with Crippen molar-refractivity contribution >= 4 is 17.6 Å². The first-order valence-corrected chi connectivity index (χ1v) is 11.0. The van der Waals surface area contributed by atoms with E-state index in [1.807, 2.05) is 25.7 Å². The minimum atomic E-state index is -0.0335. The van der Waals surface area contributed by atoms with Crippen LogP contribution in [0.4, 0.5) is 0 Å². The number of benzene rings is 1. The summed E-state index contributed by atoms with van der Waals surface area (Å²) >= 11 is 0. The second-order valence-corrected chi connectivity index (χ2v) is 7.52. The molecule has 166 valence electrons. The summed E-state index contributed by atoms with van der Waals surface area (Å²) in [4.78, 5) is 42.8. The van der Waals surface area contributed by atoms with Gasteiger partial charge in [-0.15, -0.1) is 0 Å². The lowest BCUT2D eigenvalue weighted by molar-refractivity contribution is -0.135. The van der Waals surface area contributed by atoms with Gasteiger partial charge in [-0.25, -0.2) is 0 Å². The number of ketones is 1. The third kappa shape index (κ3) is 7.13. The Hall–Kier alpha value is -2.41. The molecule has 30 heavy (non-hydrogen) atoms. The van der Waals surface area contributed by atoms with Crippen LogP contribution in [-0.4, -0.2) is 84.7 Å². The molecule has 1 saturated heterocycles. The molecule has 1 heterocycles. The number of ether oxygens (including phenoxy) is 1. The monoisotopic (exact) mass is 417 g/mol. The van der Waals surface area contributed by atoms with E-state index in [0.29, 0.717) is 44.9 Å². The molecule has 0 atom stereocenters. The molecule has 1 aromatic carbocycles. The van der Waals surface area contributed by atoms with Crippen LogP contribution in [-0.2, 0) is 9.59 Å². The summed E-state index contributed by atoms with van der Waals surface area (Å²) in [6, 6.07) is 7.10. The van der Waals surface area contributed by atoms with Gasteiger partial charge in [-0.2, -0.15) is 0 Å². The number of piperazine rings is 1. The highest BCUT2D eigenvalue weighted by atomic mass is 16.5. The highest BCUT2D eigenvalue weighted by Gasteiger charge is 2.24. The zero-order chi connectivity index (χ0) is 21.9. The number of hydrogen-bond acceptors (Lipinski definition) is 5. The van der Waals surface area contributed by atoms with Gasteiger partial charge in [0.05, 0.1) is 13.2 Å². The summed E-state index contributed by atoms with van der Waals surface area (Å²) in [5, 5.41) is 0. The Morgan fingerprint density at radius 3 is 2.13 bits per heavy atom. The first-order chi connectivity index (χ1) is 14.5. The molecule has 0 aliphatic carbocycles. The van der Waals surface area contributed by atoms with Crippen molar-refractivity contribution in [3.63, 3.8) is 0 Å². The van der Waals surface area contributed by atoms with E-state index in [0.717, 1.165) is 25.3 Å². The topological polar surface area (TPSA) is 70.2 Å². The van der Waals surface area contributed by atoms with Crippen LogP contribution in [0.1, 0.15) is 50.4 Å². The molecular formula is C23H35N3O4. The quantitative estimate of drug-likeness (QED) is 0.517. The largest absolute Gasteiger partial charge is 0.494 e. The lowest BCUT2D eigenvalue weighted by Gasteiger charge is -2.35. The van der Waals surface area contributed by atoms with Crippen molar-refractivity contribution in [1.29, 1.82) is 0 Å². The Bertz CT molecular complexity index is 693. The average molecular weight is 418 g/mol. The number of nitrogens with zero attached hydrogens (tertiary/aromatic N) is 3. The molecule has 0 saturated carbocycles. The highest BCUT2D eigenvalue weighted by Crippen LogP contribution is 2.15. The van der Waals surface area contributed by atoms with Crippen LogP contribution in [0.15, 0.2) is 24.3 Å². The van der Waals surface area contributed by atoms with E-state index in [2.05, 4.69) is 4.90 Å². The van der Waals surface area contributed by atoms with Crippen LogP contribution in [0.3, 0.4) is 0 Å². The van der Waals surface area contributed by atoms with E-state index in [9.17, 15) is 14.4 Å². The Morgan fingerprint density at radius 2 is 1.57 bits per heavy atom. The molecule has 0 spiro atoms. The lowest BCUT2D eigenvalue weighted by Crippen LogP contribution is -2.51. The Labute approximate surface area is 180 Å². The number of amides is 2. The molecule has 0 bridgehead atoms. The molecule has 0 N–H and O–H groups in total. The fourth-order valence-corrected chi connectivity index (χ4v) is 3.50. The minimum absolute atomic E-state index is 0.000897. The van der Waals surface area contributed by atoms with E-state index in [4.69, 9.17) is 4.74 Å². The second-order valence-electron chi connectivity index (χ2n) is 7.52. The van der Waals surface area contributed by atoms with Gasteiger partial charge in [0, 0.05) is 57.7 Å². The molecule has 0 unspecified atom stereocenters. The van der Waals surface area contributed by atoms with E-state index in [1.165, 1.54) is 0 Å². The summed E-state index contributed by atoms with van der Waals surface area (Å²) in [5.74, 6) is 0.855. The molecule has 7 nitrogen and oxygen atoms in total. The predicted octanol–water partition coefficient (Wildman–Crippen LogP) is 2.45. The van der Waals surface area contributed by atoms with Gasteiger partial charge < -0.3 is 14.5 Å². The van der Waals surface area contributed by atoms with Gasteiger partial charge in [-0.05, 0) is 44.5 Å². The van der Waals surface area contributed by atoms with Crippen molar-refractivity contribution < 1.29 is 19.1 Å². The SMILES string of the molecule is CCCOc1ccc(C(=O)CCC(=O)N2CCN(CC(=O)N(CC)CC)CC2)cc1. The van der Waals surface area contributed by atoms with Gasteiger partial charge >= 0.3 is 0 Å². The maximum absolute atomic E-state index is 12.5. The van der Waals surface area contributed by atoms with Crippen molar-refractivity contribution in [3.05, 3.63) is 29.8 Å². The van der Waals surface area contributed by atoms with E-state index < -0.39 is 0 Å². The average Bonchev–Trinajstić information content (AvgIpc) is 2.77. The third-order valence-electron chi connectivity index (χ3n) is 5.42. The molecule has 1 aliphatic heterocycles. The smallest absolute Gasteiger partial charge is 0.236 e. The Morgan fingerprint density at radius 1 is 0.933 bits per heavy atom. The number of carbonyl (C=O) groups is 3. The van der Waals surface area contributed by atoms with Crippen molar-refractivity contribution in [3.8, 4) is 5.75 Å². The summed E-state index contributed by atoms with van der Waals surface area (Å²) in [5.41, 5.74) is 0.603. The molecule has 2 rings (SSSR count). The molecule has 7 heteroatoms. The first kappa shape index (κ1) is 23.9. The first-order valence-electron chi connectivity index (χ1n) is 11.0. The summed E-state index contributed by atoms with van der Waals surface area (Å²) in [6.45, 7) is 11.1. The summed E-state index contributed by atoms with van der Waals surface area (Å²) in [6.07, 6.45) is 1.35. The predicted molar refractivity (Wildman–Crippen MR) is 117 cm³/mol. The van der Waals surface area contributed by atoms with Gasteiger partial charge in [0.15, 0.2) is 5.78 Å². The molecule has 0 radical (unpaired) electrons. The standard InChI is InChI=1S/C23H35N3O4/c1-4-17-30-20-9-7-19(8-10-20)21(27)11-12-22(28)26-15-13-24(14-16-26)18-23(29)25(5-2)6-3/h7-10H,4-6,11-18H2,1-3H3. The van der Waals surface area contributed by atoms with Gasteiger partial charge in [0.2, 0.25) is 11.8 Å². The minimum Gasteiger partial charge on any atom is -0.494 e. The summed E-state index contributed by atoms with van der Waals surface area (Å²) in [7, 11) is 0. The van der Waals surface area contributed by atoms with E-state index in [1.54, 1.807) is 29.2 Å². The maximum Gasteiger partial charge on any atom is 0.236 e. The Balaban J connectivity index is 1.73. The second kappa shape index (κ2) is 12.3. The molecule has 2 amide bonds. The maximum atomic E-state index is 12.5. The third-order valence-corrected chi connectivity index (χ3v) is 5.42. The summed E-state index contributed by atoms with van der Waals surface area (Å²) < 4.78 is 5.53. The van der Waals surface area contributed by atoms with Crippen molar-refractivity contribution in [2.75, 3.05) is 52.4 Å². The van der Waals surface area contributed by atoms with Crippen LogP contribution < -0.4 is 4.74 Å². The number of likely N-dealkylation sites (N-methyl/N-ethyl adjacent to an activating group) is 1. The number of rotatable bonds is 11. The van der Waals surface area contributed by atoms with E-state index in [-0.39, 0.29) is 30.4 Å². The van der Waals surface area contributed by atoms with Gasteiger partial charge in [-0.3, -0.25) is 19.3 Å². The van der Waals surface area contributed by atoms with Crippen LogP contribution in [0.5, 0.6) is 5.75 Å². The van der Waals surface area contributed by atoms with E-state index >= 15 is 0 Å². The lowest BCUT2D eigenvalue weighted by atomic mass is 10.1. The van der Waals surface area contributed by atoms with Gasteiger partial charge in [0.25, 0.3) is 0 Å². The van der Waals surface area contributed by atoms with Crippen LogP contribution >= 0.6 is 0 Å². The zero-order valence-corrected chi connectivity index (χ0v) is 18.6. The molecule has 1 fully saturated rings. The fourth-order valence-electron chi connectivity index (χ4n) is 3.50. The molecule has 1 aromatic rings. The number of hydrogen-bond donors (Lipinski definition) is 0. The molecular weight excluding hydrogens is 382 g/mol. The van der Waals surface area contributed by atoms with Crippen LogP contribution in [0.2, 0.25) is 0 Å². The fraction of sp³-hybridized carbons (Fsp3) is 0.609. The highest BCUT2D eigenvalue weighted by molar-refractivity contribution is 5.98. The van der Waals surface area contributed by atoms with Crippen LogP contribution in [0, 0.1) is 0 Å². The Kier molecular flexibility index (Phi) is 9.80. The molecule has 1 aliphatic rings. The van der Waals surface area contributed by atoms with Crippen molar-refractivity contribution in [2.45, 2.75) is 40.0 Å². The zero-order valence-electron chi connectivity index (χ0n) is 18.6. The van der Waals surface area contributed by atoms with Crippen molar-refractivity contribution in [2.24, 2.45) is 0 Å². The normalized spacial score (nSPS) is 14.4. The number of Topliss-reactive ketones (excluding diaryl/α,β-unsaturated/α-hetero) is 1. The van der Waals surface area contributed by atoms with Gasteiger partial charge in [0.1, 0.15) is 5.75 Å².